The molecule has 46 heavy (non-hydrogen) atoms. The molecule has 2 amide bonds. The molecule has 0 spiro atoms. The van der Waals surface area contributed by atoms with Gasteiger partial charge in [-0.2, -0.15) is 0 Å². The lowest BCUT2D eigenvalue weighted by atomic mass is 9.94. The van der Waals surface area contributed by atoms with Crippen molar-refractivity contribution in [2.45, 2.75) is 51.2 Å². The van der Waals surface area contributed by atoms with Gasteiger partial charge in [0.2, 0.25) is 5.91 Å². The number of aryl methyl sites for hydroxylation is 1. The number of amides is 2. The molecule has 2 N–H and O–H groups in total. The fourth-order valence-electron chi connectivity index (χ4n) is 6.03. The Balaban J connectivity index is 1.07. The van der Waals surface area contributed by atoms with Crippen LogP contribution in [0.1, 0.15) is 54.1 Å². The van der Waals surface area contributed by atoms with Crippen molar-refractivity contribution in [3.05, 3.63) is 71.3 Å². The Morgan fingerprint density at radius 1 is 1.02 bits per heavy atom. The summed E-state index contributed by atoms with van der Waals surface area (Å²) in [5.74, 6) is -0.513. The van der Waals surface area contributed by atoms with E-state index in [1.54, 1.807) is 30.3 Å². The van der Waals surface area contributed by atoms with Gasteiger partial charge in [-0.15, -0.1) is 8.78 Å². The van der Waals surface area contributed by atoms with E-state index >= 15 is 0 Å². The van der Waals surface area contributed by atoms with Gasteiger partial charge in [0.05, 0.1) is 23.6 Å². The minimum atomic E-state index is -3.73. The standard InChI is InChI=1S/C34H36F2N4O6/c1-3-44-31(42)22-11-16-40(17-12-22)18-15-37-30(41)24-6-4-5-23(19-24)29-21(2)7-10-28(38-29)39-32(43)33(13-14-33)25-8-9-26-27(20-25)46-34(35,36)45-26/h4-10,19-20,22H,3,11-18H2,1-2H3,(H,37,41)(H,38,39,43). The third-order valence-electron chi connectivity index (χ3n) is 8.80. The number of alkyl halides is 2. The number of fused-ring (bicyclic) bond motifs is 1. The van der Waals surface area contributed by atoms with E-state index < -0.39 is 11.7 Å². The number of esters is 1. The first-order valence-electron chi connectivity index (χ1n) is 15.5. The van der Waals surface area contributed by atoms with Crippen molar-refractivity contribution in [2.24, 2.45) is 5.92 Å². The number of halogens is 2. The van der Waals surface area contributed by atoms with Crippen LogP contribution in [-0.2, 0) is 19.7 Å². The molecule has 0 atom stereocenters. The summed E-state index contributed by atoms with van der Waals surface area (Å²) >= 11 is 0. The van der Waals surface area contributed by atoms with Crippen molar-refractivity contribution in [2.75, 3.05) is 38.1 Å². The Hall–Kier alpha value is -4.58. The lowest BCUT2D eigenvalue weighted by Gasteiger charge is -2.30. The fraction of sp³-hybridized carbons (Fsp3) is 0.412. The van der Waals surface area contributed by atoms with Gasteiger partial charge in [0.15, 0.2) is 11.5 Å². The number of likely N-dealkylation sites (tertiary alicyclic amines) is 1. The van der Waals surface area contributed by atoms with Crippen LogP contribution in [0.3, 0.4) is 0 Å². The van der Waals surface area contributed by atoms with Crippen molar-refractivity contribution in [3.63, 3.8) is 0 Å². The van der Waals surface area contributed by atoms with Crippen LogP contribution in [0.4, 0.5) is 14.6 Å². The number of ether oxygens (including phenoxy) is 3. The van der Waals surface area contributed by atoms with E-state index in [-0.39, 0.29) is 35.2 Å². The summed E-state index contributed by atoms with van der Waals surface area (Å²) in [5, 5.41) is 5.88. The highest BCUT2D eigenvalue weighted by Gasteiger charge is 2.53. The van der Waals surface area contributed by atoms with Crippen LogP contribution < -0.4 is 20.1 Å². The van der Waals surface area contributed by atoms with Gasteiger partial charge in [-0.05, 0) is 94.1 Å². The smallest absolute Gasteiger partial charge is 0.466 e. The molecule has 12 heteroatoms. The first-order valence-corrected chi connectivity index (χ1v) is 15.5. The number of nitrogens with one attached hydrogen (secondary N) is 2. The number of piperidine rings is 1. The minimum absolute atomic E-state index is 0.0550. The molecule has 1 aliphatic carbocycles. The normalized spacial score (nSPS) is 18.1. The van der Waals surface area contributed by atoms with E-state index in [9.17, 15) is 23.2 Å². The lowest BCUT2D eigenvalue weighted by Crippen LogP contribution is -2.41. The second-order valence-corrected chi connectivity index (χ2v) is 11.9. The highest BCUT2D eigenvalue weighted by Crippen LogP contribution is 2.52. The third kappa shape index (κ3) is 6.67. The first kappa shape index (κ1) is 31.4. The van der Waals surface area contributed by atoms with Crippen molar-refractivity contribution in [1.29, 1.82) is 0 Å². The molecule has 0 unspecified atom stereocenters. The number of carbonyl (C=O) groups is 3. The number of hydrogen-bond donors (Lipinski definition) is 2. The number of carbonyl (C=O) groups excluding carboxylic acids is 3. The van der Waals surface area contributed by atoms with E-state index in [1.165, 1.54) is 12.1 Å². The van der Waals surface area contributed by atoms with E-state index in [4.69, 9.17) is 9.72 Å². The van der Waals surface area contributed by atoms with Crippen molar-refractivity contribution in [3.8, 4) is 22.8 Å². The highest BCUT2D eigenvalue weighted by molar-refractivity contribution is 6.01. The predicted molar refractivity (Wildman–Crippen MR) is 165 cm³/mol. The summed E-state index contributed by atoms with van der Waals surface area (Å²) in [6, 6.07) is 15.1. The van der Waals surface area contributed by atoms with Gasteiger partial charge in [-0.1, -0.05) is 24.3 Å². The first-order chi connectivity index (χ1) is 22.1. The Labute approximate surface area is 265 Å². The number of hydrogen-bond acceptors (Lipinski definition) is 8. The molecule has 242 valence electrons. The van der Waals surface area contributed by atoms with Gasteiger partial charge in [-0.3, -0.25) is 14.4 Å². The molecule has 6 rings (SSSR count). The Bertz CT molecular complexity index is 1650. The summed E-state index contributed by atoms with van der Waals surface area (Å²) in [4.78, 5) is 45.4. The minimum Gasteiger partial charge on any atom is -0.466 e. The molecule has 10 nitrogen and oxygen atoms in total. The van der Waals surface area contributed by atoms with E-state index in [0.29, 0.717) is 55.2 Å². The van der Waals surface area contributed by atoms with Gasteiger partial charge < -0.3 is 29.7 Å². The number of anilines is 1. The molecule has 2 aromatic carbocycles. The molecule has 2 fully saturated rings. The molecule has 1 saturated carbocycles. The zero-order chi connectivity index (χ0) is 32.5. The molecule has 3 aromatic rings. The van der Waals surface area contributed by atoms with Crippen LogP contribution in [0.25, 0.3) is 11.3 Å². The van der Waals surface area contributed by atoms with Gasteiger partial charge in [0.1, 0.15) is 5.82 Å². The lowest BCUT2D eigenvalue weighted by molar-refractivity contribution is -0.286. The quantitative estimate of drug-likeness (QED) is 0.298. The van der Waals surface area contributed by atoms with Crippen molar-refractivity contribution in [1.82, 2.24) is 15.2 Å². The number of rotatable bonds is 10. The average Bonchev–Trinajstić information content (AvgIpc) is 3.79. The molecule has 0 radical (unpaired) electrons. The summed E-state index contributed by atoms with van der Waals surface area (Å²) in [6.07, 6.45) is -1.12. The molecule has 3 heterocycles. The van der Waals surface area contributed by atoms with Crippen molar-refractivity contribution >= 4 is 23.6 Å². The van der Waals surface area contributed by atoms with Crippen molar-refractivity contribution < 1.29 is 37.4 Å². The van der Waals surface area contributed by atoms with E-state index in [0.717, 1.165) is 37.1 Å². The number of aromatic nitrogens is 1. The number of benzene rings is 2. The van der Waals surface area contributed by atoms with Crippen LogP contribution in [0.5, 0.6) is 11.5 Å². The predicted octanol–water partition coefficient (Wildman–Crippen LogP) is 5.05. The van der Waals surface area contributed by atoms with Gasteiger partial charge in [0.25, 0.3) is 5.91 Å². The summed E-state index contributed by atoms with van der Waals surface area (Å²) < 4.78 is 41.2. The van der Waals surface area contributed by atoms with Crippen LogP contribution in [0.15, 0.2) is 54.6 Å². The molecule has 0 bridgehead atoms. The monoisotopic (exact) mass is 634 g/mol. The van der Waals surface area contributed by atoms with Gasteiger partial charge in [-0.25, -0.2) is 4.98 Å². The summed E-state index contributed by atoms with van der Waals surface area (Å²) in [5.41, 5.74) is 2.38. The summed E-state index contributed by atoms with van der Waals surface area (Å²) in [6.45, 7) is 6.82. The van der Waals surface area contributed by atoms with Crippen LogP contribution >= 0.6 is 0 Å². The largest absolute Gasteiger partial charge is 0.586 e. The zero-order valence-electron chi connectivity index (χ0n) is 25.7. The Morgan fingerprint density at radius 2 is 1.78 bits per heavy atom. The molecule has 3 aliphatic rings. The Kier molecular flexibility index (Phi) is 8.65. The second kappa shape index (κ2) is 12.7. The van der Waals surface area contributed by atoms with E-state index in [2.05, 4.69) is 25.0 Å². The topological polar surface area (TPSA) is 119 Å². The number of nitrogens with zero attached hydrogens (tertiary/aromatic N) is 2. The molecular weight excluding hydrogens is 598 g/mol. The molecule has 1 saturated heterocycles. The van der Waals surface area contributed by atoms with Crippen LogP contribution in [0.2, 0.25) is 0 Å². The SMILES string of the molecule is CCOC(=O)C1CCN(CCNC(=O)c2cccc(-c3nc(NC(=O)C4(c5ccc6c(c5)OC(F)(F)O6)CC4)ccc3C)c2)CC1. The van der Waals surface area contributed by atoms with Crippen LogP contribution in [0, 0.1) is 12.8 Å². The second-order valence-electron chi connectivity index (χ2n) is 11.9. The zero-order valence-corrected chi connectivity index (χ0v) is 25.7. The maximum Gasteiger partial charge on any atom is 0.586 e. The summed E-state index contributed by atoms with van der Waals surface area (Å²) in [7, 11) is 0. The molecule has 1 aromatic heterocycles. The average molecular weight is 635 g/mol. The van der Waals surface area contributed by atoms with Gasteiger partial charge >= 0.3 is 12.3 Å². The van der Waals surface area contributed by atoms with Crippen LogP contribution in [-0.4, -0.2) is 66.7 Å². The maximum absolute atomic E-state index is 13.5. The molecular formula is C34H36F2N4O6. The number of pyridine rings is 1. The maximum atomic E-state index is 13.5. The van der Waals surface area contributed by atoms with E-state index in [1.807, 2.05) is 26.0 Å². The fourth-order valence-corrected chi connectivity index (χ4v) is 6.03. The Morgan fingerprint density at radius 3 is 2.52 bits per heavy atom. The third-order valence-corrected chi connectivity index (χ3v) is 8.80. The highest BCUT2D eigenvalue weighted by atomic mass is 19.3. The molecule has 2 aliphatic heterocycles. The van der Waals surface area contributed by atoms with Gasteiger partial charge in [0, 0.05) is 24.2 Å².